The lowest BCUT2D eigenvalue weighted by Crippen LogP contribution is -2.32. The molecule has 4 aromatic heterocycles. The number of rotatable bonds is 5. The fourth-order valence-corrected chi connectivity index (χ4v) is 6.77. The number of amides is 2. The third kappa shape index (κ3) is 5.59. The number of H-pyrrole nitrogens is 2. The van der Waals surface area contributed by atoms with E-state index in [0.717, 1.165) is 63.5 Å². The molecule has 2 N–H and O–H groups in total. The van der Waals surface area contributed by atoms with E-state index < -0.39 is 0 Å². The van der Waals surface area contributed by atoms with Crippen molar-refractivity contribution in [3.8, 4) is 23.1 Å². The number of carbonyl (C=O) groups is 2. The highest BCUT2D eigenvalue weighted by Gasteiger charge is 2.36. The van der Waals surface area contributed by atoms with E-state index in [1.54, 1.807) is 39.1 Å². The molecule has 2 atom stereocenters. The molecule has 12 nitrogen and oxygen atoms in total. The summed E-state index contributed by atoms with van der Waals surface area (Å²) in [6.45, 7) is 5.32. The number of aromatic nitrogens is 8. The van der Waals surface area contributed by atoms with E-state index in [4.69, 9.17) is 4.98 Å². The predicted octanol–water partition coefficient (Wildman–Crippen LogP) is 4.94. The van der Waals surface area contributed by atoms with Crippen LogP contribution in [0.5, 0.6) is 0 Å². The van der Waals surface area contributed by atoms with Crippen molar-refractivity contribution in [3.05, 3.63) is 120 Å². The van der Waals surface area contributed by atoms with Gasteiger partial charge in [-0.1, -0.05) is 36.1 Å². The van der Waals surface area contributed by atoms with Crippen molar-refractivity contribution >= 4 is 22.8 Å². The second-order valence-corrected chi connectivity index (χ2v) is 12.7. The molecule has 49 heavy (non-hydrogen) atoms. The van der Waals surface area contributed by atoms with Crippen molar-refractivity contribution in [2.24, 2.45) is 14.1 Å². The lowest BCUT2D eigenvalue weighted by atomic mass is 10.1. The number of carbonyl (C=O) groups excluding carboxylic acids is 2. The monoisotopic (exact) mass is 650 g/mol. The third-order valence-corrected chi connectivity index (χ3v) is 9.37. The Hall–Kier alpha value is -6.22. The van der Waals surface area contributed by atoms with E-state index in [1.165, 1.54) is 0 Å². The zero-order valence-corrected chi connectivity index (χ0v) is 27.2. The molecule has 12 heteroatoms. The Morgan fingerprint density at radius 3 is 2.24 bits per heavy atom. The number of likely N-dealkylation sites (tertiary alicyclic amines) is 2. The lowest BCUT2D eigenvalue weighted by molar-refractivity contribution is 0.0714. The molecule has 6 aromatic rings. The zero-order chi connectivity index (χ0) is 33.6. The Morgan fingerprint density at radius 2 is 1.53 bits per heavy atom. The molecule has 2 fully saturated rings. The minimum Gasteiger partial charge on any atom is -0.340 e. The maximum Gasteiger partial charge on any atom is 0.273 e. The van der Waals surface area contributed by atoms with Crippen LogP contribution in [-0.2, 0) is 14.1 Å². The summed E-state index contributed by atoms with van der Waals surface area (Å²) in [4.78, 5) is 54.8. The Balaban J connectivity index is 0.963. The van der Waals surface area contributed by atoms with Crippen molar-refractivity contribution in [2.45, 2.75) is 31.3 Å². The number of nitrogens with one attached hydrogen (secondary N) is 2. The summed E-state index contributed by atoms with van der Waals surface area (Å²) >= 11 is 0. The largest absolute Gasteiger partial charge is 0.340 e. The average molecular weight is 651 g/mol. The smallest absolute Gasteiger partial charge is 0.273 e. The molecule has 0 spiro atoms. The van der Waals surface area contributed by atoms with E-state index in [9.17, 15) is 9.59 Å². The minimum atomic E-state index is -0.229. The molecule has 2 aliphatic rings. The van der Waals surface area contributed by atoms with Gasteiger partial charge in [0.25, 0.3) is 11.8 Å². The molecule has 0 saturated carbocycles. The Bertz CT molecular complexity index is 2290. The number of hydrogen-bond donors (Lipinski definition) is 2. The summed E-state index contributed by atoms with van der Waals surface area (Å²) in [6.07, 6.45) is 10.7. The zero-order valence-electron chi connectivity index (χ0n) is 27.2. The lowest BCUT2D eigenvalue weighted by Gasteiger charge is -2.23. The van der Waals surface area contributed by atoms with Crippen molar-refractivity contribution in [1.29, 1.82) is 0 Å². The maximum absolute atomic E-state index is 13.3. The van der Waals surface area contributed by atoms with Crippen molar-refractivity contribution < 1.29 is 9.59 Å². The van der Waals surface area contributed by atoms with E-state index in [1.807, 2.05) is 67.7 Å². The predicted molar refractivity (Wildman–Crippen MR) is 183 cm³/mol. The van der Waals surface area contributed by atoms with Gasteiger partial charge in [-0.15, -0.1) is 0 Å². The molecule has 2 amide bonds. The van der Waals surface area contributed by atoms with Crippen LogP contribution >= 0.6 is 0 Å². The van der Waals surface area contributed by atoms with Gasteiger partial charge in [0, 0.05) is 38.3 Å². The second-order valence-electron chi connectivity index (χ2n) is 12.7. The molecule has 0 aliphatic carbocycles. The standard InChI is InChI=1S/C37H34N10O2/c1-23-15-31(47(20-23)37(49)33-19-39-22-45(33)3)35-41-27-13-10-25(16-28(27)42-35)7-6-24-8-11-26(12-9-24)29-17-40-34(43-29)30-5-4-14-46(30)36(48)32-18-38-21-44(32)2/h8-13,16-19,21-22,30-31H,1,4-5,14-15,20H2,2-3H3,(H,40,43)(H,41,42)/t30-,31-/m0/s1. The number of hydrogen-bond acceptors (Lipinski definition) is 6. The van der Waals surface area contributed by atoms with Crippen LogP contribution in [0.2, 0.25) is 0 Å². The fraction of sp³-hybridized carbons (Fsp3) is 0.243. The molecular formula is C37H34N10O2. The molecule has 8 rings (SSSR count). The van der Waals surface area contributed by atoms with Crippen LogP contribution in [0.15, 0.2) is 85.9 Å². The number of aromatic amines is 2. The first-order chi connectivity index (χ1) is 23.8. The van der Waals surface area contributed by atoms with Gasteiger partial charge in [0.1, 0.15) is 23.0 Å². The molecule has 0 radical (unpaired) electrons. The Kier molecular flexibility index (Phi) is 7.44. The van der Waals surface area contributed by atoms with Crippen LogP contribution in [0.1, 0.15) is 75.1 Å². The third-order valence-electron chi connectivity index (χ3n) is 9.37. The van der Waals surface area contributed by atoms with Gasteiger partial charge in [-0.25, -0.2) is 19.9 Å². The average Bonchev–Trinajstić information content (AvgIpc) is 3.95. The topological polar surface area (TPSA) is 134 Å². The fourth-order valence-electron chi connectivity index (χ4n) is 6.77. The molecule has 0 unspecified atom stereocenters. The highest BCUT2D eigenvalue weighted by Crippen LogP contribution is 2.35. The number of benzene rings is 2. The maximum atomic E-state index is 13.3. The summed E-state index contributed by atoms with van der Waals surface area (Å²) in [7, 11) is 3.64. The number of imidazole rings is 4. The first-order valence-electron chi connectivity index (χ1n) is 16.2. The van der Waals surface area contributed by atoms with Gasteiger partial charge < -0.3 is 28.9 Å². The minimum absolute atomic E-state index is 0.0320. The van der Waals surface area contributed by atoms with E-state index in [0.29, 0.717) is 30.9 Å². The molecule has 2 aliphatic heterocycles. The van der Waals surface area contributed by atoms with Crippen LogP contribution in [-0.4, -0.2) is 73.7 Å². The van der Waals surface area contributed by atoms with Crippen LogP contribution in [0.4, 0.5) is 0 Å². The highest BCUT2D eigenvalue weighted by atomic mass is 16.2. The number of fused-ring (bicyclic) bond motifs is 1. The molecule has 6 heterocycles. The van der Waals surface area contributed by atoms with Gasteiger partial charge in [0.15, 0.2) is 0 Å². The number of aryl methyl sites for hydroxylation is 2. The van der Waals surface area contributed by atoms with E-state index in [-0.39, 0.29) is 23.9 Å². The van der Waals surface area contributed by atoms with Gasteiger partial charge in [-0.05, 0) is 55.2 Å². The Labute approximate surface area is 282 Å². The summed E-state index contributed by atoms with van der Waals surface area (Å²) in [5, 5.41) is 0. The van der Waals surface area contributed by atoms with Gasteiger partial charge in [0.05, 0.1) is 60.1 Å². The van der Waals surface area contributed by atoms with Crippen molar-refractivity contribution in [2.75, 3.05) is 13.1 Å². The quantitative estimate of drug-likeness (QED) is 0.201. The van der Waals surface area contributed by atoms with Gasteiger partial charge in [0.2, 0.25) is 0 Å². The van der Waals surface area contributed by atoms with Crippen LogP contribution < -0.4 is 0 Å². The molecular weight excluding hydrogens is 616 g/mol. The van der Waals surface area contributed by atoms with Gasteiger partial charge in [-0.3, -0.25) is 9.59 Å². The summed E-state index contributed by atoms with van der Waals surface area (Å²) in [5.74, 6) is 7.93. The second kappa shape index (κ2) is 12.1. The summed E-state index contributed by atoms with van der Waals surface area (Å²) in [5.41, 5.74) is 7.38. The normalized spacial score (nSPS) is 17.6. The first-order valence-corrected chi connectivity index (χ1v) is 16.2. The molecule has 0 bridgehead atoms. The SMILES string of the molecule is C=C1C[C@@H](c2nc3ccc(C#Cc4ccc(-c5cnc([C@@H]6CCCN6C(=O)c6cncn6C)[nH]5)cc4)cc3[nH]2)N(C(=O)c2cncn2C)C1. The van der Waals surface area contributed by atoms with Crippen LogP contribution in [0.3, 0.4) is 0 Å². The van der Waals surface area contributed by atoms with Gasteiger partial charge in [-0.2, -0.15) is 0 Å². The Morgan fingerprint density at radius 1 is 0.837 bits per heavy atom. The number of nitrogens with zero attached hydrogens (tertiary/aromatic N) is 8. The van der Waals surface area contributed by atoms with Crippen molar-refractivity contribution in [3.63, 3.8) is 0 Å². The first kappa shape index (κ1) is 30.1. The van der Waals surface area contributed by atoms with Crippen LogP contribution in [0, 0.1) is 11.8 Å². The van der Waals surface area contributed by atoms with Gasteiger partial charge >= 0.3 is 0 Å². The molecule has 2 aromatic carbocycles. The van der Waals surface area contributed by atoms with E-state index in [2.05, 4.69) is 43.3 Å². The summed E-state index contributed by atoms with van der Waals surface area (Å²) < 4.78 is 3.48. The highest BCUT2D eigenvalue weighted by molar-refractivity contribution is 5.93. The molecule has 244 valence electrons. The van der Waals surface area contributed by atoms with Crippen LogP contribution in [0.25, 0.3) is 22.3 Å². The van der Waals surface area contributed by atoms with Crippen molar-refractivity contribution in [1.82, 2.24) is 48.8 Å². The van der Waals surface area contributed by atoms with E-state index >= 15 is 0 Å². The molecule has 2 saturated heterocycles. The summed E-state index contributed by atoms with van der Waals surface area (Å²) in [6, 6.07) is 13.6.